The zero-order valence-electron chi connectivity index (χ0n) is 11.5. The molecule has 0 aromatic heterocycles. The van der Waals surface area contributed by atoms with Gasteiger partial charge in [0, 0.05) is 6.07 Å². The number of nitrogens with one attached hydrogen (secondary N) is 1. The fourth-order valence-corrected chi connectivity index (χ4v) is 3.28. The molecular weight excluding hydrogens is 282 g/mol. The zero-order chi connectivity index (χ0) is 14.8. The molecule has 7 heteroatoms. The molecule has 112 valence electrons. The van der Waals surface area contributed by atoms with Crippen LogP contribution in [0.3, 0.4) is 0 Å². The molecule has 0 amide bonds. The van der Waals surface area contributed by atoms with Gasteiger partial charge < -0.3 is 14.6 Å². The number of benzene rings is 1. The van der Waals surface area contributed by atoms with Crippen LogP contribution in [0.5, 0.6) is 11.5 Å². The molecule has 1 atom stereocenters. The average molecular weight is 301 g/mol. The number of fused-ring (bicyclic) bond motifs is 1. The fourth-order valence-electron chi connectivity index (χ4n) is 1.79. The Labute approximate surface area is 118 Å². The van der Waals surface area contributed by atoms with Gasteiger partial charge in [0.2, 0.25) is 10.0 Å². The van der Waals surface area contributed by atoms with E-state index in [1.807, 2.05) is 6.92 Å². The maximum absolute atomic E-state index is 12.3. The van der Waals surface area contributed by atoms with E-state index in [2.05, 4.69) is 4.72 Å². The largest absolute Gasteiger partial charge is 0.486 e. The lowest BCUT2D eigenvalue weighted by molar-refractivity contribution is 0.171. The van der Waals surface area contributed by atoms with Crippen molar-refractivity contribution in [3.05, 3.63) is 18.2 Å². The number of sulfonamides is 1. The van der Waals surface area contributed by atoms with Gasteiger partial charge in [-0.1, -0.05) is 6.92 Å². The average Bonchev–Trinajstić information content (AvgIpc) is 2.46. The first kappa shape index (κ1) is 15.1. The standard InChI is InChI=1S/C13H19NO5S/c1-3-13(2,9-15)14-20(16,17)10-4-5-11-12(8-10)19-7-6-18-11/h4-5,8,14-15H,3,6-7,9H2,1-2H3. The highest BCUT2D eigenvalue weighted by Crippen LogP contribution is 2.32. The van der Waals surface area contributed by atoms with E-state index in [0.29, 0.717) is 31.1 Å². The highest BCUT2D eigenvalue weighted by molar-refractivity contribution is 7.89. The lowest BCUT2D eigenvalue weighted by Gasteiger charge is -2.27. The smallest absolute Gasteiger partial charge is 0.241 e. The van der Waals surface area contributed by atoms with Gasteiger partial charge in [-0.25, -0.2) is 13.1 Å². The number of aliphatic hydroxyl groups is 1. The van der Waals surface area contributed by atoms with Gasteiger partial charge in [0.05, 0.1) is 17.0 Å². The van der Waals surface area contributed by atoms with Gasteiger partial charge in [-0.15, -0.1) is 0 Å². The molecule has 0 spiro atoms. The van der Waals surface area contributed by atoms with Crippen LogP contribution in [0, 0.1) is 0 Å². The van der Waals surface area contributed by atoms with Crippen LogP contribution in [-0.2, 0) is 10.0 Å². The second-order valence-corrected chi connectivity index (χ2v) is 6.67. The fraction of sp³-hybridized carbons (Fsp3) is 0.538. The summed E-state index contributed by atoms with van der Waals surface area (Å²) in [7, 11) is -3.72. The van der Waals surface area contributed by atoms with Gasteiger partial charge in [0.1, 0.15) is 13.2 Å². The Hall–Kier alpha value is -1.31. The summed E-state index contributed by atoms with van der Waals surface area (Å²) in [6, 6.07) is 4.47. The number of rotatable bonds is 5. The van der Waals surface area contributed by atoms with Crippen molar-refractivity contribution in [1.82, 2.24) is 4.72 Å². The number of hydrogen-bond donors (Lipinski definition) is 2. The second-order valence-electron chi connectivity index (χ2n) is 4.98. The number of ether oxygens (including phenoxy) is 2. The summed E-state index contributed by atoms with van der Waals surface area (Å²) in [4.78, 5) is 0.0925. The van der Waals surface area contributed by atoms with Crippen molar-refractivity contribution in [2.45, 2.75) is 30.7 Å². The summed E-state index contributed by atoms with van der Waals surface area (Å²) in [5, 5.41) is 9.32. The molecule has 1 unspecified atom stereocenters. The van der Waals surface area contributed by atoms with Crippen molar-refractivity contribution >= 4 is 10.0 Å². The Kier molecular flexibility index (Phi) is 4.22. The minimum Gasteiger partial charge on any atom is -0.486 e. The molecule has 0 saturated heterocycles. The minimum absolute atomic E-state index is 0.0925. The molecule has 0 saturated carbocycles. The molecule has 6 nitrogen and oxygen atoms in total. The molecule has 20 heavy (non-hydrogen) atoms. The van der Waals surface area contributed by atoms with Crippen LogP contribution in [0.4, 0.5) is 0 Å². The van der Waals surface area contributed by atoms with E-state index in [0.717, 1.165) is 0 Å². The van der Waals surface area contributed by atoms with E-state index in [1.54, 1.807) is 13.0 Å². The van der Waals surface area contributed by atoms with Crippen LogP contribution in [0.1, 0.15) is 20.3 Å². The van der Waals surface area contributed by atoms with Gasteiger partial charge in [0.15, 0.2) is 11.5 Å². The molecular formula is C13H19NO5S. The number of aliphatic hydroxyl groups excluding tert-OH is 1. The summed E-state index contributed by atoms with van der Waals surface area (Å²) >= 11 is 0. The van der Waals surface area contributed by atoms with Gasteiger partial charge in [-0.2, -0.15) is 0 Å². The molecule has 2 N–H and O–H groups in total. The molecule has 0 fully saturated rings. The minimum atomic E-state index is -3.72. The molecule has 1 aromatic carbocycles. The molecule has 0 aliphatic carbocycles. The molecule has 0 bridgehead atoms. The summed E-state index contributed by atoms with van der Waals surface area (Å²) in [5.74, 6) is 0.955. The van der Waals surface area contributed by atoms with Crippen LogP contribution < -0.4 is 14.2 Å². The van der Waals surface area contributed by atoms with E-state index in [4.69, 9.17) is 9.47 Å². The normalized spacial score (nSPS) is 17.6. The monoisotopic (exact) mass is 301 g/mol. The first-order valence-electron chi connectivity index (χ1n) is 6.45. The van der Waals surface area contributed by atoms with Gasteiger partial charge in [0.25, 0.3) is 0 Å². The Morgan fingerprint density at radius 2 is 1.95 bits per heavy atom. The third-order valence-electron chi connectivity index (χ3n) is 3.33. The van der Waals surface area contributed by atoms with Crippen LogP contribution in [0.2, 0.25) is 0 Å². The van der Waals surface area contributed by atoms with Gasteiger partial charge in [-0.05, 0) is 25.5 Å². The lowest BCUT2D eigenvalue weighted by atomic mass is 10.0. The van der Waals surface area contributed by atoms with E-state index >= 15 is 0 Å². The Balaban J connectivity index is 2.30. The molecule has 1 aromatic rings. The van der Waals surface area contributed by atoms with Crippen LogP contribution in [-0.4, -0.2) is 38.9 Å². The molecule has 2 rings (SSSR count). The van der Waals surface area contributed by atoms with Crippen LogP contribution in [0.15, 0.2) is 23.1 Å². The summed E-state index contributed by atoms with van der Waals surface area (Å²) < 4.78 is 37.9. The second kappa shape index (κ2) is 5.59. The van der Waals surface area contributed by atoms with E-state index in [9.17, 15) is 13.5 Å². The van der Waals surface area contributed by atoms with E-state index in [1.165, 1.54) is 12.1 Å². The third-order valence-corrected chi connectivity index (χ3v) is 4.97. The highest BCUT2D eigenvalue weighted by Gasteiger charge is 2.29. The molecule has 1 aliphatic rings. The molecule has 0 radical (unpaired) electrons. The molecule has 1 heterocycles. The van der Waals surface area contributed by atoms with Crippen molar-refractivity contribution in [2.24, 2.45) is 0 Å². The van der Waals surface area contributed by atoms with Crippen LogP contribution >= 0.6 is 0 Å². The summed E-state index contributed by atoms with van der Waals surface area (Å²) in [5.41, 5.74) is -0.883. The Morgan fingerprint density at radius 1 is 1.30 bits per heavy atom. The topological polar surface area (TPSA) is 84.9 Å². The number of hydrogen-bond acceptors (Lipinski definition) is 5. The predicted molar refractivity (Wildman–Crippen MR) is 73.5 cm³/mol. The van der Waals surface area contributed by atoms with Crippen molar-refractivity contribution in [3.8, 4) is 11.5 Å². The van der Waals surface area contributed by atoms with Crippen molar-refractivity contribution in [1.29, 1.82) is 0 Å². The summed E-state index contributed by atoms with van der Waals surface area (Å²) in [6.07, 6.45) is 0.479. The summed E-state index contributed by atoms with van der Waals surface area (Å²) in [6.45, 7) is 4.04. The maximum Gasteiger partial charge on any atom is 0.241 e. The van der Waals surface area contributed by atoms with Crippen molar-refractivity contribution in [3.63, 3.8) is 0 Å². The van der Waals surface area contributed by atoms with Gasteiger partial charge >= 0.3 is 0 Å². The Bertz CT molecular complexity index is 580. The van der Waals surface area contributed by atoms with E-state index < -0.39 is 15.6 Å². The Morgan fingerprint density at radius 3 is 2.55 bits per heavy atom. The maximum atomic E-state index is 12.3. The van der Waals surface area contributed by atoms with E-state index in [-0.39, 0.29) is 11.5 Å². The SMILES string of the molecule is CCC(C)(CO)NS(=O)(=O)c1ccc2c(c1)OCCO2. The lowest BCUT2D eigenvalue weighted by Crippen LogP contribution is -2.48. The third kappa shape index (κ3) is 3.05. The predicted octanol–water partition coefficient (Wildman–Crippen LogP) is 0.897. The van der Waals surface area contributed by atoms with Crippen LogP contribution in [0.25, 0.3) is 0 Å². The van der Waals surface area contributed by atoms with Gasteiger partial charge in [-0.3, -0.25) is 0 Å². The zero-order valence-corrected chi connectivity index (χ0v) is 12.4. The molecule has 1 aliphatic heterocycles. The first-order valence-corrected chi connectivity index (χ1v) is 7.93. The van der Waals surface area contributed by atoms with Crippen molar-refractivity contribution in [2.75, 3.05) is 19.8 Å². The van der Waals surface area contributed by atoms with Crippen molar-refractivity contribution < 1.29 is 23.0 Å². The quantitative estimate of drug-likeness (QED) is 0.844. The highest BCUT2D eigenvalue weighted by atomic mass is 32.2. The first-order chi connectivity index (χ1) is 9.40.